The molecule has 1 aromatic rings. The summed E-state index contributed by atoms with van der Waals surface area (Å²) in [6, 6.07) is 4.56. The van der Waals surface area contributed by atoms with E-state index < -0.39 is 0 Å². The Kier molecular flexibility index (Phi) is 0.968. The van der Waals surface area contributed by atoms with Gasteiger partial charge in [-0.1, -0.05) is 12.1 Å². The number of rotatable bonds is 0. The minimum absolute atomic E-state index is 1.24. The first-order valence-corrected chi connectivity index (χ1v) is 5.32. The maximum Gasteiger partial charge on any atom is 0.0255 e. The maximum absolute atomic E-state index is 2.28. The second kappa shape index (κ2) is 1.74. The molecule has 0 saturated carbocycles. The highest BCUT2D eigenvalue weighted by Gasteiger charge is 2.25. The fourth-order valence-corrected chi connectivity index (χ4v) is 3.44. The van der Waals surface area contributed by atoms with Gasteiger partial charge in [0, 0.05) is 21.3 Å². The van der Waals surface area contributed by atoms with E-state index in [-0.39, 0.29) is 0 Å². The lowest BCUT2D eigenvalue weighted by Crippen LogP contribution is -2.06. The first-order chi connectivity index (χ1) is 4.95. The summed E-state index contributed by atoms with van der Waals surface area (Å²) in [5.74, 6) is 2.48. The normalized spacial score (nSPS) is 18.4. The Morgan fingerprint density at radius 1 is 0.900 bits per heavy atom. The molecule has 0 nitrogen and oxygen atoms in total. The highest BCUT2D eigenvalue weighted by atomic mass is 32.2. The molecule has 50 valence electrons. The number of thioether (sulfide) groups is 2. The van der Waals surface area contributed by atoms with Crippen LogP contribution < -0.4 is 0 Å². The Hall–Kier alpha value is -0.0800. The smallest absolute Gasteiger partial charge is 0.0255 e. The third-order valence-electron chi connectivity index (χ3n) is 2.02. The van der Waals surface area contributed by atoms with Gasteiger partial charge in [-0.05, 0) is 11.1 Å². The highest BCUT2D eigenvalue weighted by Crippen LogP contribution is 2.51. The molecule has 10 heavy (non-hydrogen) atoms. The van der Waals surface area contributed by atoms with Crippen molar-refractivity contribution in [3.63, 3.8) is 0 Å². The van der Waals surface area contributed by atoms with Crippen molar-refractivity contribution in [3.8, 4) is 0 Å². The van der Waals surface area contributed by atoms with E-state index in [1.54, 1.807) is 20.9 Å². The molecule has 0 fully saturated rings. The minimum atomic E-state index is 1.24. The highest BCUT2D eigenvalue weighted by molar-refractivity contribution is 8.03. The van der Waals surface area contributed by atoms with Crippen molar-refractivity contribution < 1.29 is 0 Å². The Morgan fingerprint density at radius 3 is 1.70 bits per heavy atom. The van der Waals surface area contributed by atoms with E-state index in [9.17, 15) is 0 Å². The summed E-state index contributed by atoms with van der Waals surface area (Å²) in [4.78, 5) is 3.16. The summed E-state index contributed by atoms with van der Waals surface area (Å²) in [7, 11) is 0. The van der Waals surface area contributed by atoms with Crippen LogP contribution in [0.3, 0.4) is 0 Å². The third-order valence-corrected chi connectivity index (χ3v) is 4.57. The van der Waals surface area contributed by atoms with E-state index in [2.05, 4.69) is 12.1 Å². The SMILES string of the molecule is c1cc2c(c3c1CS3)SC2. The second-order valence-electron chi connectivity index (χ2n) is 2.62. The summed E-state index contributed by atoms with van der Waals surface area (Å²) < 4.78 is 0. The molecule has 0 amide bonds. The van der Waals surface area contributed by atoms with Crippen LogP contribution in [0.15, 0.2) is 21.9 Å². The maximum atomic E-state index is 2.28. The summed E-state index contributed by atoms with van der Waals surface area (Å²) in [6.07, 6.45) is 0. The van der Waals surface area contributed by atoms with Gasteiger partial charge in [0.15, 0.2) is 0 Å². The van der Waals surface area contributed by atoms with Crippen molar-refractivity contribution >= 4 is 23.5 Å². The second-order valence-corrected chi connectivity index (χ2v) is 4.59. The van der Waals surface area contributed by atoms with Crippen LogP contribution in [0.4, 0.5) is 0 Å². The zero-order valence-corrected chi connectivity index (χ0v) is 7.02. The summed E-state index contributed by atoms with van der Waals surface area (Å²) >= 11 is 4.00. The fraction of sp³-hybridized carbons (Fsp3) is 0.250. The molecule has 2 heteroatoms. The molecule has 0 spiro atoms. The minimum Gasteiger partial charge on any atom is -0.120 e. The Morgan fingerprint density at radius 2 is 1.40 bits per heavy atom. The molecule has 0 radical (unpaired) electrons. The van der Waals surface area contributed by atoms with Gasteiger partial charge in [0.1, 0.15) is 0 Å². The van der Waals surface area contributed by atoms with E-state index >= 15 is 0 Å². The molecule has 0 N–H and O–H groups in total. The molecule has 2 aliphatic rings. The number of hydrogen-bond donors (Lipinski definition) is 0. The van der Waals surface area contributed by atoms with Gasteiger partial charge >= 0.3 is 0 Å². The third kappa shape index (κ3) is 0.523. The molecule has 2 heterocycles. The molecular formula is C8H6S2. The van der Waals surface area contributed by atoms with Gasteiger partial charge in [-0.25, -0.2) is 0 Å². The predicted molar refractivity (Wildman–Crippen MR) is 45.6 cm³/mol. The molecule has 0 aliphatic carbocycles. The van der Waals surface area contributed by atoms with Crippen LogP contribution in [-0.4, -0.2) is 0 Å². The van der Waals surface area contributed by atoms with E-state index in [4.69, 9.17) is 0 Å². The Balaban J connectivity index is 2.34. The summed E-state index contributed by atoms with van der Waals surface area (Å²) in [6.45, 7) is 0. The lowest BCUT2D eigenvalue weighted by atomic mass is 10.1. The molecule has 0 atom stereocenters. The molecule has 1 aromatic carbocycles. The van der Waals surface area contributed by atoms with Crippen LogP contribution >= 0.6 is 23.5 Å². The molecule has 3 rings (SSSR count). The summed E-state index contributed by atoms with van der Waals surface area (Å²) in [5.41, 5.74) is 3.13. The molecule has 0 unspecified atom stereocenters. The van der Waals surface area contributed by atoms with Crippen LogP contribution in [0.5, 0.6) is 0 Å². The van der Waals surface area contributed by atoms with Crippen LogP contribution in [0.2, 0.25) is 0 Å². The first kappa shape index (κ1) is 5.56. The zero-order valence-electron chi connectivity index (χ0n) is 5.39. The van der Waals surface area contributed by atoms with Crippen molar-refractivity contribution in [3.05, 3.63) is 23.3 Å². The summed E-state index contributed by atoms with van der Waals surface area (Å²) in [5, 5.41) is 0. The van der Waals surface area contributed by atoms with Gasteiger partial charge in [-0.15, -0.1) is 23.5 Å². The van der Waals surface area contributed by atoms with Crippen LogP contribution in [0.1, 0.15) is 11.1 Å². The van der Waals surface area contributed by atoms with Crippen molar-refractivity contribution in [2.24, 2.45) is 0 Å². The van der Waals surface area contributed by atoms with Gasteiger partial charge < -0.3 is 0 Å². The van der Waals surface area contributed by atoms with E-state index in [1.165, 1.54) is 11.5 Å². The lowest BCUT2D eigenvalue weighted by molar-refractivity contribution is 1.02. The standard InChI is InChI=1S/C8H6S2/c1-2-6-4-10-8(6)7-5(1)3-9-7/h1-2H,3-4H2. The van der Waals surface area contributed by atoms with Crippen LogP contribution in [0.25, 0.3) is 0 Å². The van der Waals surface area contributed by atoms with Gasteiger partial charge in [0.05, 0.1) is 0 Å². The number of benzene rings is 1. The molecular weight excluding hydrogens is 160 g/mol. The first-order valence-electron chi connectivity index (χ1n) is 3.35. The molecule has 2 aliphatic heterocycles. The van der Waals surface area contributed by atoms with E-state index in [0.29, 0.717) is 0 Å². The van der Waals surface area contributed by atoms with Crippen molar-refractivity contribution in [1.29, 1.82) is 0 Å². The zero-order chi connectivity index (χ0) is 6.55. The molecule has 0 saturated heterocycles. The fourth-order valence-electron chi connectivity index (χ4n) is 1.33. The monoisotopic (exact) mass is 166 g/mol. The predicted octanol–water partition coefficient (Wildman–Crippen LogP) is 2.90. The average Bonchev–Trinajstić information content (AvgIpc) is 1.84. The Labute approximate surface area is 68.4 Å². The quantitative estimate of drug-likeness (QED) is 0.581. The van der Waals surface area contributed by atoms with Crippen LogP contribution in [0, 0.1) is 0 Å². The van der Waals surface area contributed by atoms with Gasteiger partial charge in [-0.2, -0.15) is 0 Å². The largest absolute Gasteiger partial charge is 0.120 e. The van der Waals surface area contributed by atoms with Crippen molar-refractivity contribution in [2.75, 3.05) is 0 Å². The Bertz CT molecular complexity index is 273. The van der Waals surface area contributed by atoms with E-state index in [1.807, 2.05) is 23.5 Å². The number of fused-ring (bicyclic) bond motifs is 3. The van der Waals surface area contributed by atoms with Crippen LogP contribution in [-0.2, 0) is 11.5 Å². The van der Waals surface area contributed by atoms with Crippen molar-refractivity contribution in [2.45, 2.75) is 21.3 Å². The number of hydrogen-bond acceptors (Lipinski definition) is 2. The van der Waals surface area contributed by atoms with Gasteiger partial charge in [0.25, 0.3) is 0 Å². The van der Waals surface area contributed by atoms with E-state index in [0.717, 1.165) is 0 Å². The lowest BCUT2D eigenvalue weighted by Gasteiger charge is -2.28. The van der Waals surface area contributed by atoms with Gasteiger partial charge in [-0.3, -0.25) is 0 Å². The van der Waals surface area contributed by atoms with Crippen molar-refractivity contribution in [1.82, 2.24) is 0 Å². The topological polar surface area (TPSA) is 0 Å². The average molecular weight is 166 g/mol. The molecule has 0 aromatic heterocycles. The molecule has 0 bridgehead atoms. The van der Waals surface area contributed by atoms with Gasteiger partial charge in [0.2, 0.25) is 0 Å².